The molecule has 3 aromatic carbocycles. The molecule has 7 heteroatoms. The van der Waals surface area contributed by atoms with Gasteiger partial charge in [0.1, 0.15) is 11.5 Å². The van der Waals surface area contributed by atoms with E-state index < -0.39 is 0 Å². The minimum Gasteiger partial charge on any atom is -0.497 e. The molecule has 0 aliphatic carbocycles. The number of nitrogens with one attached hydrogen (secondary N) is 1. The van der Waals surface area contributed by atoms with Crippen LogP contribution in [0.3, 0.4) is 0 Å². The van der Waals surface area contributed by atoms with Crippen molar-refractivity contribution in [3.8, 4) is 11.5 Å². The maximum atomic E-state index is 12.6. The van der Waals surface area contributed by atoms with Crippen LogP contribution in [-0.2, 0) is 11.3 Å². The highest BCUT2D eigenvalue weighted by Crippen LogP contribution is 2.18. The summed E-state index contributed by atoms with van der Waals surface area (Å²) in [5.41, 5.74) is 2.14. The average Bonchev–Trinajstić information content (AvgIpc) is 2.79. The van der Waals surface area contributed by atoms with E-state index in [2.05, 4.69) is 5.32 Å². The summed E-state index contributed by atoms with van der Waals surface area (Å²) in [7, 11) is 3.30. The Kier molecular flexibility index (Phi) is 7.51. The first-order valence-corrected chi connectivity index (χ1v) is 9.99. The van der Waals surface area contributed by atoms with Crippen molar-refractivity contribution >= 4 is 29.1 Å². The van der Waals surface area contributed by atoms with Gasteiger partial charge in [0.15, 0.2) is 6.61 Å². The molecule has 0 atom stereocenters. The van der Waals surface area contributed by atoms with E-state index in [1.54, 1.807) is 79.7 Å². The molecular weight excluding hydrogens is 416 g/mol. The van der Waals surface area contributed by atoms with Crippen LogP contribution in [0.4, 0.5) is 5.69 Å². The Bertz CT molecular complexity index is 1040. The molecule has 0 saturated carbocycles. The molecule has 0 radical (unpaired) electrons. The van der Waals surface area contributed by atoms with Crippen LogP contribution < -0.4 is 14.8 Å². The van der Waals surface area contributed by atoms with Gasteiger partial charge in [-0.05, 0) is 54.1 Å². The summed E-state index contributed by atoms with van der Waals surface area (Å²) in [5.74, 6) is 0.742. The van der Waals surface area contributed by atoms with Gasteiger partial charge >= 0.3 is 0 Å². The van der Waals surface area contributed by atoms with Gasteiger partial charge in [-0.1, -0.05) is 29.8 Å². The van der Waals surface area contributed by atoms with E-state index in [-0.39, 0.29) is 18.4 Å². The minimum absolute atomic E-state index is 0.114. The zero-order chi connectivity index (χ0) is 22.2. The molecule has 0 unspecified atom stereocenters. The topological polar surface area (TPSA) is 67.9 Å². The SMILES string of the molecule is COc1cccc(NC(=O)COc2ccc(C(=O)N(C)Cc3ccc(Cl)cc3)cc2)c1. The summed E-state index contributed by atoms with van der Waals surface area (Å²) < 4.78 is 10.6. The molecule has 0 aliphatic heterocycles. The molecule has 0 spiro atoms. The zero-order valence-corrected chi connectivity index (χ0v) is 18.1. The monoisotopic (exact) mass is 438 g/mol. The molecule has 1 N–H and O–H groups in total. The quantitative estimate of drug-likeness (QED) is 0.556. The number of amides is 2. The van der Waals surface area contributed by atoms with Gasteiger partial charge in [-0.3, -0.25) is 9.59 Å². The number of hydrogen-bond acceptors (Lipinski definition) is 4. The number of nitrogens with zero attached hydrogens (tertiary/aromatic N) is 1. The molecule has 31 heavy (non-hydrogen) atoms. The van der Waals surface area contributed by atoms with Crippen molar-refractivity contribution in [1.29, 1.82) is 0 Å². The van der Waals surface area contributed by atoms with Gasteiger partial charge in [-0.15, -0.1) is 0 Å². The number of hydrogen-bond donors (Lipinski definition) is 1. The molecule has 0 saturated heterocycles. The average molecular weight is 439 g/mol. The van der Waals surface area contributed by atoms with Gasteiger partial charge in [-0.25, -0.2) is 0 Å². The second-order valence-corrected chi connectivity index (χ2v) is 7.32. The molecule has 3 rings (SSSR count). The number of methoxy groups -OCH3 is 1. The maximum absolute atomic E-state index is 12.6. The third-order valence-corrected chi connectivity index (χ3v) is 4.76. The maximum Gasteiger partial charge on any atom is 0.262 e. The number of halogens is 1. The zero-order valence-electron chi connectivity index (χ0n) is 17.3. The molecule has 0 fully saturated rings. The van der Waals surface area contributed by atoms with E-state index in [4.69, 9.17) is 21.1 Å². The lowest BCUT2D eigenvalue weighted by atomic mass is 10.1. The fraction of sp³-hybridized carbons (Fsp3) is 0.167. The Hall–Kier alpha value is -3.51. The molecule has 0 aliphatic rings. The second kappa shape index (κ2) is 10.5. The number of rotatable bonds is 8. The second-order valence-electron chi connectivity index (χ2n) is 6.88. The van der Waals surface area contributed by atoms with Gasteiger partial charge < -0.3 is 19.7 Å². The molecule has 2 amide bonds. The van der Waals surface area contributed by atoms with Crippen molar-refractivity contribution in [2.75, 3.05) is 26.1 Å². The Morgan fingerprint density at radius 1 is 0.968 bits per heavy atom. The smallest absolute Gasteiger partial charge is 0.262 e. The van der Waals surface area contributed by atoms with E-state index in [0.29, 0.717) is 34.3 Å². The lowest BCUT2D eigenvalue weighted by molar-refractivity contribution is -0.118. The fourth-order valence-corrected chi connectivity index (χ4v) is 3.02. The highest BCUT2D eigenvalue weighted by atomic mass is 35.5. The van der Waals surface area contributed by atoms with Gasteiger partial charge in [0.2, 0.25) is 0 Å². The minimum atomic E-state index is -0.295. The first kappa shape index (κ1) is 22.2. The van der Waals surface area contributed by atoms with E-state index in [0.717, 1.165) is 5.56 Å². The number of carbonyl (C=O) groups is 2. The van der Waals surface area contributed by atoms with Crippen molar-refractivity contribution in [1.82, 2.24) is 4.90 Å². The van der Waals surface area contributed by atoms with Crippen molar-refractivity contribution in [3.05, 3.63) is 88.9 Å². The first-order valence-electron chi connectivity index (χ1n) is 9.61. The standard InChI is InChI=1S/C24H23ClN2O4/c1-27(15-17-6-10-19(25)11-7-17)24(29)18-8-12-21(13-9-18)31-16-23(28)26-20-4-3-5-22(14-20)30-2/h3-14H,15-16H2,1-2H3,(H,26,28). The molecule has 3 aromatic rings. The summed E-state index contributed by atoms with van der Waals surface area (Å²) in [6.45, 7) is 0.319. The third kappa shape index (κ3) is 6.49. The third-order valence-electron chi connectivity index (χ3n) is 4.50. The van der Waals surface area contributed by atoms with Crippen molar-refractivity contribution in [3.63, 3.8) is 0 Å². The first-order chi connectivity index (χ1) is 14.9. The number of benzene rings is 3. The highest BCUT2D eigenvalue weighted by Gasteiger charge is 2.12. The molecule has 0 heterocycles. The predicted molar refractivity (Wildman–Crippen MR) is 121 cm³/mol. The summed E-state index contributed by atoms with van der Waals surface area (Å²) in [5, 5.41) is 3.40. The largest absolute Gasteiger partial charge is 0.497 e. The van der Waals surface area contributed by atoms with E-state index in [1.807, 2.05) is 12.1 Å². The lowest BCUT2D eigenvalue weighted by Crippen LogP contribution is -2.26. The lowest BCUT2D eigenvalue weighted by Gasteiger charge is -2.17. The fourth-order valence-electron chi connectivity index (χ4n) is 2.90. The number of ether oxygens (including phenoxy) is 2. The molecule has 6 nitrogen and oxygen atoms in total. The Balaban J connectivity index is 1.51. The van der Waals surface area contributed by atoms with Crippen molar-refractivity contribution < 1.29 is 19.1 Å². The normalized spacial score (nSPS) is 10.3. The summed E-state index contributed by atoms with van der Waals surface area (Å²) in [6.07, 6.45) is 0. The van der Waals surface area contributed by atoms with Crippen LogP contribution in [0.2, 0.25) is 5.02 Å². The van der Waals surface area contributed by atoms with Gasteiger partial charge in [-0.2, -0.15) is 0 Å². The van der Waals surface area contributed by atoms with E-state index >= 15 is 0 Å². The number of anilines is 1. The van der Waals surface area contributed by atoms with Crippen LogP contribution in [0.25, 0.3) is 0 Å². The van der Waals surface area contributed by atoms with Gasteiger partial charge in [0.25, 0.3) is 11.8 Å². The molecular formula is C24H23ClN2O4. The molecule has 160 valence electrons. The summed E-state index contributed by atoms with van der Waals surface area (Å²) in [4.78, 5) is 26.4. The number of carbonyl (C=O) groups excluding carboxylic acids is 2. The Labute approximate surface area is 186 Å². The van der Waals surface area contributed by atoms with Crippen molar-refractivity contribution in [2.45, 2.75) is 6.54 Å². The van der Waals surface area contributed by atoms with E-state index in [9.17, 15) is 9.59 Å². The summed E-state index contributed by atoms with van der Waals surface area (Å²) in [6, 6.07) is 21.1. The summed E-state index contributed by atoms with van der Waals surface area (Å²) >= 11 is 5.90. The highest BCUT2D eigenvalue weighted by molar-refractivity contribution is 6.30. The van der Waals surface area contributed by atoms with Crippen LogP contribution in [0.15, 0.2) is 72.8 Å². The van der Waals surface area contributed by atoms with Gasteiger partial charge in [0.05, 0.1) is 7.11 Å². The molecule has 0 bridgehead atoms. The van der Waals surface area contributed by atoms with Crippen LogP contribution >= 0.6 is 11.6 Å². The van der Waals surface area contributed by atoms with Crippen LogP contribution in [-0.4, -0.2) is 37.5 Å². The van der Waals surface area contributed by atoms with Crippen LogP contribution in [0, 0.1) is 0 Å². The van der Waals surface area contributed by atoms with E-state index in [1.165, 1.54) is 0 Å². The van der Waals surface area contributed by atoms with Crippen LogP contribution in [0.1, 0.15) is 15.9 Å². The van der Waals surface area contributed by atoms with Gasteiger partial charge in [0, 0.05) is 35.9 Å². The van der Waals surface area contributed by atoms with Crippen molar-refractivity contribution in [2.24, 2.45) is 0 Å². The van der Waals surface area contributed by atoms with Crippen LogP contribution in [0.5, 0.6) is 11.5 Å². The Morgan fingerprint density at radius 3 is 2.35 bits per heavy atom. The molecule has 0 aromatic heterocycles. The Morgan fingerprint density at radius 2 is 1.68 bits per heavy atom. The predicted octanol–water partition coefficient (Wildman–Crippen LogP) is 4.64.